The molecule has 1 aliphatic rings. The van der Waals surface area contributed by atoms with Crippen LogP contribution in [0.2, 0.25) is 0 Å². The molecule has 2 aromatic carbocycles. The Kier molecular flexibility index (Phi) is 3.69. The van der Waals surface area contributed by atoms with Crippen LogP contribution in [0.5, 0.6) is 0 Å². The number of benzene rings is 2. The quantitative estimate of drug-likeness (QED) is 0.876. The molecule has 0 unspecified atom stereocenters. The smallest absolute Gasteiger partial charge is 0.329 e. The van der Waals surface area contributed by atoms with E-state index >= 15 is 0 Å². The molecule has 0 saturated carbocycles. The maximum atomic E-state index is 12.1. The number of fused-ring (bicyclic) bond motifs is 1. The zero-order chi connectivity index (χ0) is 14.7. The number of nitrogens with one attached hydrogen (secondary N) is 1. The molecule has 0 fully saturated rings. The third-order valence-electron chi connectivity index (χ3n) is 3.50. The molecule has 0 aliphatic carbocycles. The van der Waals surface area contributed by atoms with Gasteiger partial charge in [0.1, 0.15) is 12.6 Å². The maximum Gasteiger partial charge on any atom is 0.329 e. The Morgan fingerprint density at radius 2 is 1.81 bits per heavy atom. The summed E-state index contributed by atoms with van der Waals surface area (Å²) in [5.41, 5.74) is 2.43. The van der Waals surface area contributed by atoms with Crippen molar-refractivity contribution in [3.63, 3.8) is 0 Å². The van der Waals surface area contributed by atoms with Crippen LogP contribution < -0.4 is 5.32 Å². The molecule has 0 spiro atoms. The van der Waals surface area contributed by atoms with Crippen LogP contribution in [0.4, 0.5) is 0 Å². The number of rotatable bonds is 3. The summed E-state index contributed by atoms with van der Waals surface area (Å²) in [6.07, 6.45) is 0.468. The Balaban J connectivity index is 1.65. The van der Waals surface area contributed by atoms with Gasteiger partial charge in [0.05, 0.1) is 0 Å². The number of hydrogen-bond acceptors (Lipinski definition) is 3. The van der Waals surface area contributed by atoms with Gasteiger partial charge in [-0.25, -0.2) is 4.79 Å². The fourth-order valence-corrected chi connectivity index (χ4v) is 2.40. The molecule has 1 atom stereocenters. The number of carbonyl (C=O) groups excluding carboxylic acids is 2. The molecule has 1 amide bonds. The highest BCUT2D eigenvalue weighted by molar-refractivity contribution is 5.99. The molecule has 0 bridgehead atoms. The highest BCUT2D eigenvalue weighted by Crippen LogP contribution is 2.17. The van der Waals surface area contributed by atoms with E-state index < -0.39 is 12.0 Å². The molecule has 1 heterocycles. The van der Waals surface area contributed by atoms with Crippen molar-refractivity contribution in [3.05, 3.63) is 71.3 Å². The Morgan fingerprint density at radius 3 is 2.62 bits per heavy atom. The minimum Gasteiger partial charge on any atom is -0.459 e. The number of amides is 1. The summed E-state index contributed by atoms with van der Waals surface area (Å²) in [4.78, 5) is 24.0. The van der Waals surface area contributed by atoms with Crippen LogP contribution >= 0.6 is 0 Å². The lowest BCUT2D eigenvalue weighted by Crippen LogP contribution is -2.47. The number of carbonyl (C=O) groups is 2. The van der Waals surface area contributed by atoms with Gasteiger partial charge in [-0.2, -0.15) is 0 Å². The Hall–Kier alpha value is -2.62. The first-order chi connectivity index (χ1) is 10.2. The van der Waals surface area contributed by atoms with E-state index in [0.29, 0.717) is 12.0 Å². The van der Waals surface area contributed by atoms with Crippen LogP contribution in [0.25, 0.3) is 0 Å². The molecule has 0 aromatic heterocycles. The molecule has 106 valence electrons. The fourth-order valence-electron chi connectivity index (χ4n) is 2.40. The van der Waals surface area contributed by atoms with E-state index in [1.807, 2.05) is 48.5 Å². The lowest BCUT2D eigenvalue weighted by molar-refractivity contribution is -0.147. The number of esters is 1. The van der Waals surface area contributed by atoms with Crippen molar-refractivity contribution >= 4 is 11.9 Å². The van der Waals surface area contributed by atoms with Crippen LogP contribution in [0, 0.1) is 0 Å². The largest absolute Gasteiger partial charge is 0.459 e. The summed E-state index contributed by atoms with van der Waals surface area (Å²) in [5, 5.41) is 2.70. The molecule has 1 N–H and O–H groups in total. The monoisotopic (exact) mass is 281 g/mol. The summed E-state index contributed by atoms with van der Waals surface area (Å²) < 4.78 is 5.28. The number of ether oxygens (including phenoxy) is 1. The summed E-state index contributed by atoms with van der Waals surface area (Å²) in [6.45, 7) is 0.216. The topological polar surface area (TPSA) is 55.4 Å². The molecule has 4 nitrogen and oxygen atoms in total. The summed E-state index contributed by atoms with van der Waals surface area (Å²) in [6, 6.07) is 16.2. The van der Waals surface area contributed by atoms with Crippen molar-refractivity contribution in [2.24, 2.45) is 0 Å². The van der Waals surface area contributed by atoms with Gasteiger partial charge in [-0.3, -0.25) is 4.79 Å². The molecule has 2 aromatic rings. The van der Waals surface area contributed by atoms with E-state index in [2.05, 4.69) is 5.32 Å². The van der Waals surface area contributed by atoms with Gasteiger partial charge in [-0.05, 0) is 17.2 Å². The Labute approximate surface area is 122 Å². The van der Waals surface area contributed by atoms with Crippen molar-refractivity contribution in [1.29, 1.82) is 0 Å². The molecule has 21 heavy (non-hydrogen) atoms. The Morgan fingerprint density at radius 1 is 1.10 bits per heavy atom. The van der Waals surface area contributed by atoms with Gasteiger partial charge in [0, 0.05) is 12.0 Å². The number of hydrogen-bond donors (Lipinski definition) is 1. The van der Waals surface area contributed by atoms with Gasteiger partial charge in [-0.1, -0.05) is 48.5 Å². The van der Waals surface area contributed by atoms with Gasteiger partial charge >= 0.3 is 5.97 Å². The summed E-state index contributed by atoms with van der Waals surface area (Å²) in [5.74, 6) is -0.625. The molecular formula is C17H15NO3. The van der Waals surface area contributed by atoms with Crippen molar-refractivity contribution in [1.82, 2.24) is 5.32 Å². The second-order valence-electron chi connectivity index (χ2n) is 4.98. The van der Waals surface area contributed by atoms with Crippen LogP contribution in [-0.2, 0) is 22.6 Å². The normalized spacial score (nSPS) is 16.8. The fraction of sp³-hybridized carbons (Fsp3) is 0.176. The van der Waals surface area contributed by atoms with Gasteiger partial charge < -0.3 is 10.1 Å². The van der Waals surface area contributed by atoms with Gasteiger partial charge in [0.25, 0.3) is 5.91 Å². The molecule has 0 radical (unpaired) electrons. The molecule has 4 heteroatoms. The average Bonchev–Trinajstić information content (AvgIpc) is 2.53. The first kappa shape index (κ1) is 13.4. The molecule has 3 rings (SSSR count). The average molecular weight is 281 g/mol. The van der Waals surface area contributed by atoms with E-state index in [0.717, 1.165) is 11.1 Å². The first-order valence-corrected chi connectivity index (χ1v) is 6.83. The van der Waals surface area contributed by atoms with Gasteiger partial charge in [0.15, 0.2) is 0 Å². The molecule has 1 aliphatic heterocycles. The van der Waals surface area contributed by atoms with Crippen molar-refractivity contribution < 1.29 is 14.3 Å². The maximum absolute atomic E-state index is 12.1. The minimum absolute atomic E-state index is 0.216. The van der Waals surface area contributed by atoms with E-state index in [-0.39, 0.29) is 12.5 Å². The molecule has 0 saturated heterocycles. The highest BCUT2D eigenvalue weighted by atomic mass is 16.5. The van der Waals surface area contributed by atoms with Crippen LogP contribution in [-0.4, -0.2) is 17.9 Å². The van der Waals surface area contributed by atoms with Crippen LogP contribution in [0.1, 0.15) is 21.5 Å². The first-order valence-electron chi connectivity index (χ1n) is 6.83. The lowest BCUT2D eigenvalue weighted by Gasteiger charge is -2.24. The van der Waals surface area contributed by atoms with Gasteiger partial charge in [-0.15, -0.1) is 0 Å². The summed E-state index contributed by atoms with van der Waals surface area (Å²) >= 11 is 0. The van der Waals surface area contributed by atoms with E-state index in [1.54, 1.807) is 6.07 Å². The second kappa shape index (κ2) is 5.79. The second-order valence-corrected chi connectivity index (χ2v) is 4.98. The minimum atomic E-state index is -0.615. The predicted octanol–water partition coefficient (Wildman–Crippen LogP) is 2.08. The van der Waals surface area contributed by atoms with E-state index in [9.17, 15) is 9.59 Å². The standard InChI is InChI=1S/C17H15NO3/c19-16-14-9-5-4-8-13(14)10-15(18-16)17(20)21-11-12-6-2-1-3-7-12/h1-9,15H,10-11H2,(H,18,19)/t15-/m1/s1. The van der Waals surface area contributed by atoms with Crippen molar-refractivity contribution in [2.75, 3.05) is 0 Å². The van der Waals surface area contributed by atoms with E-state index in [4.69, 9.17) is 4.74 Å². The molecular weight excluding hydrogens is 266 g/mol. The zero-order valence-corrected chi connectivity index (χ0v) is 11.4. The predicted molar refractivity (Wildman–Crippen MR) is 77.6 cm³/mol. The van der Waals surface area contributed by atoms with Crippen LogP contribution in [0.3, 0.4) is 0 Å². The zero-order valence-electron chi connectivity index (χ0n) is 11.4. The Bertz CT molecular complexity index is 667. The van der Waals surface area contributed by atoms with Crippen molar-refractivity contribution in [2.45, 2.75) is 19.1 Å². The lowest BCUT2D eigenvalue weighted by atomic mass is 9.95. The highest BCUT2D eigenvalue weighted by Gasteiger charge is 2.29. The SMILES string of the molecule is O=C1N[C@@H](C(=O)OCc2ccccc2)Cc2ccccc21. The van der Waals surface area contributed by atoms with Crippen LogP contribution in [0.15, 0.2) is 54.6 Å². The third kappa shape index (κ3) is 2.94. The van der Waals surface area contributed by atoms with E-state index in [1.165, 1.54) is 0 Å². The van der Waals surface area contributed by atoms with Gasteiger partial charge in [0.2, 0.25) is 0 Å². The van der Waals surface area contributed by atoms with Crippen molar-refractivity contribution in [3.8, 4) is 0 Å². The third-order valence-corrected chi connectivity index (χ3v) is 3.50. The summed E-state index contributed by atoms with van der Waals surface area (Å²) in [7, 11) is 0.